The topological polar surface area (TPSA) is 89.3 Å². The molecule has 0 aliphatic carbocycles. The monoisotopic (exact) mass is 384 g/mol. The van der Waals surface area contributed by atoms with Crippen LogP contribution >= 0.6 is 0 Å². The van der Waals surface area contributed by atoms with Crippen molar-refractivity contribution in [2.75, 3.05) is 6.26 Å². The summed E-state index contributed by atoms with van der Waals surface area (Å²) in [5.74, 6) is -1.42. The van der Waals surface area contributed by atoms with Gasteiger partial charge in [-0.2, -0.15) is 5.10 Å². The van der Waals surface area contributed by atoms with Crippen molar-refractivity contribution in [1.29, 1.82) is 0 Å². The maximum atomic E-state index is 12.2. The zero-order chi connectivity index (χ0) is 19.8. The molecule has 0 saturated carbocycles. The minimum Gasteiger partial charge on any atom is -0.480 e. The molecule has 0 saturated heterocycles. The fourth-order valence-corrected chi connectivity index (χ4v) is 3.95. The summed E-state index contributed by atoms with van der Waals surface area (Å²) in [5.41, 5.74) is 3.99. The molecule has 6 nitrogen and oxygen atoms in total. The van der Waals surface area contributed by atoms with Crippen LogP contribution in [0, 0.1) is 13.8 Å². The molecule has 0 spiro atoms. The molecule has 1 heterocycles. The minimum atomic E-state index is -3.89. The summed E-state index contributed by atoms with van der Waals surface area (Å²) in [5, 5.41) is 12.4. The van der Waals surface area contributed by atoms with E-state index in [9.17, 15) is 18.3 Å². The number of carboxylic acids is 1. The van der Waals surface area contributed by atoms with Crippen LogP contribution < -0.4 is 0 Å². The highest BCUT2D eigenvalue weighted by molar-refractivity contribution is 7.91. The lowest BCUT2D eigenvalue weighted by Crippen LogP contribution is -2.21. The van der Waals surface area contributed by atoms with Crippen molar-refractivity contribution in [2.45, 2.75) is 19.1 Å². The van der Waals surface area contributed by atoms with Crippen LogP contribution in [0.1, 0.15) is 21.9 Å². The predicted octanol–water partition coefficient (Wildman–Crippen LogP) is 3.33. The van der Waals surface area contributed by atoms with Gasteiger partial charge in [-0.3, -0.25) is 4.79 Å². The summed E-state index contributed by atoms with van der Waals surface area (Å²) in [6.07, 6.45) is 2.41. The maximum absolute atomic E-state index is 12.2. The molecule has 0 aliphatic heterocycles. The van der Waals surface area contributed by atoms with E-state index in [4.69, 9.17) is 0 Å². The number of aliphatic carboxylic acids is 1. The van der Waals surface area contributed by atoms with Gasteiger partial charge in [0.1, 0.15) is 0 Å². The second kappa shape index (κ2) is 7.00. The van der Waals surface area contributed by atoms with Gasteiger partial charge < -0.3 is 5.11 Å². The number of carbonyl (C=O) groups is 1. The average Bonchev–Trinajstić information content (AvgIpc) is 3.01. The fourth-order valence-electron chi connectivity index (χ4n) is 2.95. The van der Waals surface area contributed by atoms with E-state index >= 15 is 0 Å². The van der Waals surface area contributed by atoms with Crippen LogP contribution in [0.4, 0.5) is 0 Å². The fraction of sp³-hybridized carbons (Fsp3) is 0.200. The number of rotatable bonds is 5. The zero-order valence-corrected chi connectivity index (χ0v) is 16.1. The highest BCUT2D eigenvalue weighted by atomic mass is 32.2. The van der Waals surface area contributed by atoms with Crippen LogP contribution in [0.5, 0.6) is 0 Å². The van der Waals surface area contributed by atoms with Crippen molar-refractivity contribution in [1.82, 2.24) is 9.78 Å². The van der Waals surface area contributed by atoms with E-state index in [1.807, 2.05) is 62.4 Å². The molecule has 0 amide bonds. The molecule has 0 aliphatic rings. The highest BCUT2D eigenvalue weighted by Crippen LogP contribution is 2.33. The molecule has 27 heavy (non-hydrogen) atoms. The molecule has 1 unspecified atom stereocenters. The van der Waals surface area contributed by atoms with Gasteiger partial charge in [0.25, 0.3) is 0 Å². The van der Waals surface area contributed by atoms with E-state index in [0.29, 0.717) is 16.9 Å². The van der Waals surface area contributed by atoms with E-state index in [2.05, 4.69) is 5.10 Å². The standard InChI is InChI=1S/C20H20N2O4S/c1-13-9-10-15(11-14(13)2)18-17(19(20(23)24)27(3,25)26)12-22(21-18)16-7-5-4-6-8-16/h4-12,19H,1-3H3,(H,23,24). The van der Waals surface area contributed by atoms with Gasteiger partial charge in [0.05, 0.1) is 11.4 Å². The van der Waals surface area contributed by atoms with Gasteiger partial charge in [0.15, 0.2) is 15.1 Å². The average molecular weight is 384 g/mol. The molecule has 0 fully saturated rings. The Hall–Kier alpha value is -2.93. The van der Waals surface area contributed by atoms with Gasteiger partial charge in [-0.1, -0.05) is 30.3 Å². The summed E-state index contributed by atoms with van der Waals surface area (Å²) in [6, 6.07) is 14.8. The van der Waals surface area contributed by atoms with Crippen LogP contribution in [-0.2, 0) is 14.6 Å². The maximum Gasteiger partial charge on any atom is 0.326 e. The van der Waals surface area contributed by atoms with Gasteiger partial charge >= 0.3 is 5.97 Å². The Kier molecular flexibility index (Phi) is 4.89. The van der Waals surface area contributed by atoms with Crippen molar-refractivity contribution >= 4 is 15.8 Å². The van der Waals surface area contributed by atoms with E-state index in [0.717, 1.165) is 17.4 Å². The van der Waals surface area contributed by atoms with Crippen LogP contribution in [0.3, 0.4) is 0 Å². The number of aryl methyl sites for hydroxylation is 2. The Morgan fingerprint density at radius 2 is 1.74 bits per heavy atom. The molecule has 140 valence electrons. The molecule has 1 aromatic heterocycles. The van der Waals surface area contributed by atoms with Crippen LogP contribution in [-0.4, -0.2) is 35.5 Å². The lowest BCUT2D eigenvalue weighted by molar-refractivity contribution is -0.136. The van der Waals surface area contributed by atoms with Crippen molar-refractivity contribution < 1.29 is 18.3 Å². The molecule has 1 atom stereocenters. The zero-order valence-electron chi connectivity index (χ0n) is 15.2. The molecule has 2 aromatic carbocycles. The highest BCUT2D eigenvalue weighted by Gasteiger charge is 2.35. The van der Waals surface area contributed by atoms with E-state index < -0.39 is 21.1 Å². The molecule has 0 bridgehead atoms. The first kappa shape index (κ1) is 18.8. The van der Waals surface area contributed by atoms with Crippen molar-refractivity contribution in [3.05, 3.63) is 71.4 Å². The first-order chi connectivity index (χ1) is 12.7. The van der Waals surface area contributed by atoms with Gasteiger partial charge in [-0.25, -0.2) is 13.1 Å². The van der Waals surface area contributed by atoms with Crippen molar-refractivity contribution in [3.63, 3.8) is 0 Å². The summed E-state index contributed by atoms with van der Waals surface area (Å²) in [6.45, 7) is 3.91. The van der Waals surface area contributed by atoms with Gasteiger partial charge in [0, 0.05) is 23.6 Å². The predicted molar refractivity (Wildman–Crippen MR) is 104 cm³/mol. The molecule has 3 aromatic rings. The van der Waals surface area contributed by atoms with Crippen molar-refractivity contribution in [2.24, 2.45) is 0 Å². The number of para-hydroxylation sites is 1. The second-order valence-corrected chi connectivity index (χ2v) is 8.69. The SMILES string of the molecule is Cc1ccc(-c2nn(-c3ccccc3)cc2C(C(=O)O)S(C)(=O)=O)cc1C. The third kappa shape index (κ3) is 3.78. The Bertz CT molecular complexity index is 1100. The number of nitrogens with zero attached hydrogens (tertiary/aromatic N) is 2. The van der Waals surface area contributed by atoms with E-state index in [1.54, 1.807) is 0 Å². The number of carboxylic acid groups (broad SMARTS) is 1. The van der Waals surface area contributed by atoms with Crippen molar-refractivity contribution in [3.8, 4) is 16.9 Å². The molecule has 0 radical (unpaired) electrons. The summed E-state index contributed by atoms with van der Waals surface area (Å²) >= 11 is 0. The molecular weight excluding hydrogens is 364 g/mol. The quantitative estimate of drug-likeness (QED) is 0.729. The third-order valence-electron chi connectivity index (χ3n) is 4.48. The summed E-state index contributed by atoms with van der Waals surface area (Å²) in [4.78, 5) is 11.8. The largest absolute Gasteiger partial charge is 0.480 e. The summed E-state index contributed by atoms with van der Waals surface area (Å²) < 4.78 is 25.9. The summed E-state index contributed by atoms with van der Waals surface area (Å²) in [7, 11) is -3.89. The number of sulfone groups is 1. The number of aromatic nitrogens is 2. The van der Waals surface area contributed by atoms with Gasteiger partial charge in [0.2, 0.25) is 0 Å². The Morgan fingerprint density at radius 1 is 1.07 bits per heavy atom. The molecule has 1 N–H and O–H groups in total. The lowest BCUT2D eigenvalue weighted by Gasteiger charge is -2.11. The molecule has 7 heteroatoms. The third-order valence-corrected chi connectivity index (χ3v) is 5.79. The molecule has 3 rings (SSSR count). The number of hydrogen-bond donors (Lipinski definition) is 1. The molecular formula is C20H20N2O4S. The smallest absolute Gasteiger partial charge is 0.326 e. The van der Waals surface area contributed by atoms with Crippen LogP contribution in [0.2, 0.25) is 0 Å². The van der Waals surface area contributed by atoms with Crippen LogP contribution in [0.15, 0.2) is 54.7 Å². The van der Waals surface area contributed by atoms with E-state index in [-0.39, 0.29) is 5.56 Å². The Balaban J connectivity index is 2.28. The van der Waals surface area contributed by atoms with Crippen LogP contribution in [0.25, 0.3) is 16.9 Å². The normalized spacial score (nSPS) is 12.7. The van der Waals surface area contributed by atoms with Gasteiger partial charge in [-0.05, 0) is 43.2 Å². The lowest BCUT2D eigenvalue weighted by atomic mass is 10.0. The van der Waals surface area contributed by atoms with E-state index in [1.165, 1.54) is 10.9 Å². The number of benzene rings is 2. The number of hydrogen-bond acceptors (Lipinski definition) is 4. The Labute approximate surface area is 158 Å². The minimum absolute atomic E-state index is 0.150. The van der Waals surface area contributed by atoms with Gasteiger partial charge in [-0.15, -0.1) is 0 Å². The first-order valence-electron chi connectivity index (χ1n) is 8.33. The Morgan fingerprint density at radius 3 is 2.30 bits per heavy atom. The first-order valence-corrected chi connectivity index (χ1v) is 10.3. The second-order valence-electron chi connectivity index (χ2n) is 6.56.